The molecule has 0 bridgehead atoms. The first kappa shape index (κ1) is 20.6. The number of hydrogen-bond donors (Lipinski definition) is 0. The largest absolute Gasteiger partial charge is 0.459 e. The van der Waals surface area contributed by atoms with Gasteiger partial charge in [-0.15, -0.1) is 0 Å². The van der Waals surface area contributed by atoms with Crippen LogP contribution in [0.4, 0.5) is 0 Å². The van der Waals surface area contributed by atoms with Crippen LogP contribution in [0.25, 0.3) is 0 Å². The van der Waals surface area contributed by atoms with E-state index in [-0.39, 0.29) is 0 Å². The van der Waals surface area contributed by atoms with Crippen LogP contribution < -0.4 is 0 Å². The van der Waals surface area contributed by atoms with Crippen molar-refractivity contribution in [3.63, 3.8) is 0 Å². The zero-order valence-electron chi connectivity index (χ0n) is 15.4. The molecular formula is C18H22O9. The Kier molecular flexibility index (Phi) is 6.73. The molecule has 27 heavy (non-hydrogen) atoms. The van der Waals surface area contributed by atoms with E-state index in [0.717, 1.165) is 0 Å². The summed E-state index contributed by atoms with van der Waals surface area (Å²) in [6.07, 6.45) is 1.84. The molecule has 9 heteroatoms. The molecule has 1 fully saturated rings. The van der Waals surface area contributed by atoms with Crippen LogP contribution in [0, 0.1) is 0 Å². The molecule has 0 aromatic rings. The molecule has 0 unspecified atom stereocenters. The predicted molar refractivity (Wildman–Crippen MR) is 89.2 cm³/mol. The highest BCUT2D eigenvalue weighted by molar-refractivity contribution is 5.83. The molecule has 2 aliphatic rings. The lowest BCUT2D eigenvalue weighted by Crippen LogP contribution is -2.40. The molecule has 0 radical (unpaired) electrons. The van der Waals surface area contributed by atoms with Gasteiger partial charge in [-0.2, -0.15) is 0 Å². The maximum absolute atomic E-state index is 11.5. The summed E-state index contributed by atoms with van der Waals surface area (Å²) in [6, 6.07) is 0. The van der Waals surface area contributed by atoms with Crippen molar-refractivity contribution >= 4 is 23.9 Å². The quantitative estimate of drug-likeness (QED) is 0.270. The molecule has 0 saturated carbocycles. The van der Waals surface area contributed by atoms with Gasteiger partial charge in [-0.1, -0.05) is 6.08 Å². The fourth-order valence-electron chi connectivity index (χ4n) is 2.66. The minimum atomic E-state index is -0.797. The molecule has 1 saturated heterocycles. The molecule has 2 heterocycles. The van der Waals surface area contributed by atoms with E-state index in [1.807, 2.05) is 0 Å². The van der Waals surface area contributed by atoms with Gasteiger partial charge < -0.3 is 23.7 Å². The SMILES string of the molecule is CC(=O)O[C@@H](C)[C@@H](/C=C\[C@@H]1O[C@@H]1[C@@H]1OC(=O)C=C[C@@H]1OC(C)=O)OC(C)=O. The van der Waals surface area contributed by atoms with Crippen molar-refractivity contribution < 1.29 is 42.9 Å². The fourth-order valence-corrected chi connectivity index (χ4v) is 2.66. The molecule has 6 atom stereocenters. The maximum atomic E-state index is 11.5. The average Bonchev–Trinajstić information content (AvgIpc) is 3.31. The third kappa shape index (κ3) is 6.21. The Labute approximate surface area is 156 Å². The number of carbonyl (C=O) groups excluding carboxylic acids is 4. The molecule has 0 spiro atoms. The van der Waals surface area contributed by atoms with Crippen LogP contribution in [0.2, 0.25) is 0 Å². The number of carbonyl (C=O) groups is 4. The van der Waals surface area contributed by atoms with Crippen molar-refractivity contribution in [2.24, 2.45) is 0 Å². The van der Waals surface area contributed by atoms with E-state index in [4.69, 9.17) is 23.7 Å². The Balaban J connectivity index is 2.01. The summed E-state index contributed by atoms with van der Waals surface area (Å²) in [4.78, 5) is 45.1. The highest BCUT2D eigenvalue weighted by Gasteiger charge is 2.50. The van der Waals surface area contributed by atoms with Crippen LogP contribution in [0.1, 0.15) is 27.7 Å². The van der Waals surface area contributed by atoms with Crippen molar-refractivity contribution in [1.29, 1.82) is 0 Å². The topological polar surface area (TPSA) is 118 Å². The van der Waals surface area contributed by atoms with Crippen molar-refractivity contribution in [3.8, 4) is 0 Å². The molecule has 0 amide bonds. The maximum Gasteiger partial charge on any atom is 0.331 e. The standard InChI is InChI=1S/C18H22O9/c1-9(23-10(2)19)13(24-11(3)20)5-6-15-17(26-15)18-14(25-12(4)21)7-8-16(22)27-18/h5-9,13-15,17-18H,1-4H3/b6-5-/t9-,13+,14-,15-,17-,18+/m0/s1. The van der Waals surface area contributed by atoms with E-state index in [0.29, 0.717) is 0 Å². The Hall–Kier alpha value is -2.68. The second-order valence-corrected chi connectivity index (χ2v) is 6.17. The van der Waals surface area contributed by atoms with Gasteiger partial charge in [-0.25, -0.2) is 4.79 Å². The van der Waals surface area contributed by atoms with Crippen LogP contribution in [0.5, 0.6) is 0 Å². The third-order valence-electron chi connectivity index (χ3n) is 3.79. The Morgan fingerprint density at radius 3 is 2.33 bits per heavy atom. The van der Waals surface area contributed by atoms with Crippen LogP contribution in [0.3, 0.4) is 0 Å². The van der Waals surface area contributed by atoms with Crippen molar-refractivity contribution in [3.05, 3.63) is 24.3 Å². The van der Waals surface area contributed by atoms with Gasteiger partial charge >= 0.3 is 23.9 Å². The van der Waals surface area contributed by atoms with E-state index in [1.54, 1.807) is 19.1 Å². The van der Waals surface area contributed by atoms with Gasteiger partial charge in [0, 0.05) is 26.8 Å². The molecule has 0 N–H and O–H groups in total. The number of ether oxygens (including phenoxy) is 5. The first-order chi connectivity index (χ1) is 12.7. The monoisotopic (exact) mass is 382 g/mol. The smallest absolute Gasteiger partial charge is 0.331 e. The molecule has 0 aromatic heterocycles. The van der Waals surface area contributed by atoms with Gasteiger partial charge in [0.25, 0.3) is 0 Å². The van der Waals surface area contributed by atoms with Crippen molar-refractivity contribution in [1.82, 2.24) is 0 Å². The van der Waals surface area contributed by atoms with Gasteiger partial charge in [0.1, 0.15) is 18.3 Å². The fraction of sp³-hybridized carbons (Fsp3) is 0.556. The number of hydrogen-bond acceptors (Lipinski definition) is 9. The molecule has 2 aliphatic heterocycles. The molecule has 0 aromatic carbocycles. The van der Waals surface area contributed by atoms with E-state index in [9.17, 15) is 19.2 Å². The average molecular weight is 382 g/mol. The number of epoxide rings is 1. The summed E-state index contributed by atoms with van der Waals surface area (Å²) in [5, 5.41) is 0. The lowest BCUT2D eigenvalue weighted by molar-refractivity contribution is -0.163. The predicted octanol–water partition coefficient (Wildman–Crippen LogP) is 0.607. The lowest BCUT2D eigenvalue weighted by atomic mass is 10.0. The Morgan fingerprint density at radius 1 is 1.07 bits per heavy atom. The number of rotatable bonds is 7. The van der Waals surface area contributed by atoms with E-state index in [2.05, 4.69) is 0 Å². The summed E-state index contributed by atoms with van der Waals surface area (Å²) >= 11 is 0. The van der Waals surface area contributed by atoms with Crippen molar-refractivity contribution in [2.45, 2.75) is 64.3 Å². The lowest BCUT2D eigenvalue weighted by Gasteiger charge is -2.25. The Morgan fingerprint density at radius 2 is 1.74 bits per heavy atom. The van der Waals surface area contributed by atoms with E-state index in [1.165, 1.54) is 32.9 Å². The van der Waals surface area contributed by atoms with Gasteiger partial charge in [-0.3, -0.25) is 14.4 Å². The second kappa shape index (κ2) is 8.81. The van der Waals surface area contributed by atoms with Gasteiger partial charge in [0.15, 0.2) is 18.3 Å². The number of esters is 4. The normalized spacial score (nSPS) is 28.8. The van der Waals surface area contributed by atoms with Crippen LogP contribution >= 0.6 is 0 Å². The molecule has 148 valence electrons. The van der Waals surface area contributed by atoms with Gasteiger partial charge in [-0.05, 0) is 19.1 Å². The first-order valence-electron chi connectivity index (χ1n) is 8.41. The molecular weight excluding hydrogens is 360 g/mol. The highest BCUT2D eigenvalue weighted by Crippen LogP contribution is 2.33. The zero-order valence-corrected chi connectivity index (χ0v) is 15.4. The summed E-state index contributed by atoms with van der Waals surface area (Å²) in [5.41, 5.74) is 0. The summed E-state index contributed by atoms with van der Waals surface area (Å²) < 4.78 is 26.0. The molecule has 9 nitrogen and oxygen atoms in total. The van der Waals surface area contributed by atoms with E-state index < -0.39 is 60.5 Å². The Bertz CT molecular complexity index is 666. The van der Waals surface area contributed by atoms with Crippen molar-refractivity contribution in [2.75, 3.05) is 0 Å². The minimum Gasteiger partial charge on any atom is -0.459 e. The summed E-state index contributed by atoms with van der Waals surface area (Å²) in [7, 11) is 0. The summed E-state index contributed by atoms with van der Waals surface area (Å²) in [6.45, 7) is 5.35. The first-order valence-corrected chi connectivity index (χ1v) is 8.41. The van der Waals surface area contributed by atoms with Gasteiger partial charge in [0.2, 0.25) is 0 Å². The summed E-state index contributed by atoms with van der Waals surface area (Å²) in [5.74, 6) is -2.09. The zero-order chi connectivity index (χ0) is 20.1. The van der Waals surface area contributed by atoms with Crippen LogP contribution in [0.15, 0.2) is 24.3 Å². The third-order valence-corrected chi connectivity index (χ3v) is 3.79. The second-order valence-electron chi connectivity index (χ2n) is 6.17. The van der Waals surface area contributed by atoms with Crippen LogP contribution in [-0.2, 0) is 42.9 Å². The van der Waals surface area contributed by atoms with Crippen LogP contribution in [-0.4, -0.2) is 60.5 Å². The minimum absolute atomic E-state index is 0.435. The number of cyclic esters (lactones) is 1. The molecule has 2 rings (SSSR count). The van der Waals surface area contributed by atoms with Gasteiger partial charge in [0.05, 0.1) is 0 Å². The van der Waals surface area contributed by atoms with E-state index >= 15 is 0 Å². The highest BCUT2D eigenvalue weighted by atomic mass is 16.6. The molecule has 0 aliphatic carbocycles.